The smallest absolute Gasteiger partial charge is 0.313 e. The molecule has 21 heavy (non-hydrogen) atoms. The molecule has 2 aromatic heterocycles. The summed E-state index contributed by atoms with van der Waals surface area (Å²) in [6.45, 7) is 4.39. The largest absolute Gasteiger partial charge is 0.481 e. The first-order valence-corrected chi connectivity index (χ1v) is 7.28. The average molecular weight is 308 g/mol. The fourth-order valence-electron chi connectivity index (χ4n) is 1.99. The van der Waals surface area contributed by atoms with E-state index in [0.29, 0.717) is 11.7 Å². The van der Waals surface area contributed by atoms with Crippen LogP contribution in [0.3, 0.4) is 0 Å². The number of aromatic nitrogens is 4. The van der Waals surface area contributed by atoms with Gasteiger partial charge in [0, 0.05) is 30.6 Å². The van der Waals surface area contributed by atoms with E-state index in [1.54, 1.807) is 15.4 Å². The van der Waals surface area contributed by atoms with Crippen LogP contribution in [0.2, 0.25) is 0 Å². The van der Waals surface area contributed by atoms with Crippen molar-refractivity contribution in [3.63, 3.8) is 0 Å². The van der Waals surface area contributed by atoms with Crippen LogP contribution >= 0.6 is 11.8 Å². The van der Waals surface area contributed by atoms with Crippen molar-refractivity contribution >= 4 is 17.7 Å². The molecule has 0 unspecified atom stereocenters. The van der Waals surface area contributed by atoms with Crippen LogP contribution in [-0.4, -0.2) is 36.2 Å². The summed E-state index contributed by atoms with van der Waals surface area (Å²) in [6.07, 6.45) is 1.63. The zero-order valence-corrected chi connectivity index (χ0v) is 12.8. The second-order valence-corrected chi connectivity index (χ2v) is 5.57. The van der Waals surface area contributed by atoms with Crippen molar-refractivity contribution < 1.29 is 9.90 Å². The summed E-state index contributed by atoms with van der Waals surface area (Å²) in [6, 6.07) is 1.37. The van der Waals surface area contributed by atoms with E-state index < -0.39 is 5.97 Å². The van der Waals surface area contributed by atoms with Crippen LogP contribution in [0.15, 0.2) is 22.2 Å². The van der Waals surface area contributed by atoms with Crippen LogP contribution in [-0.2, 0) is 18.4 Å². The molecule has 0 radical (unpaired) electrons. The van der Waals surface area contributed by atoms with Gasteiger partial charge in [0.25, 0.3) is 5.56 Å². The van der Waals surface area contributed by atoms with E-state index in [1.165, 1.54) is 6.07 Å². The van der Waals surface area contributed by atoms with Gasteiger partial charge in [-0.05, 0) is 13.8 Å². The summed E-state index contributed by atoms with van der Waals surface area (Å²) >= 11 is 1.03. The van der Waals surface area contributed by atoms with Crippen LogP contribution in [0.1, 0.15) is 17.0 Å². The monoisotopic (exact) mass is 308 g/mol. The Kier molecular flexibility index (Phi) is 4.46. The van der Waals surface area contributed by atoms with Crippen molar-refractivity contribution in [2.45, 2.75) is 25.5 Å². The molecule has 0 aromatic carbocycles. The molecule has 7 nitrogen and oxygen atoms in total. The summed E-state index contributed by atoms with van der Waals surface area (Å²) in [4.78, 5) is 26.0. The molecule has 0 bridgehead atoms. The molecule has 0 atom stereocenters. The minimum absolute atomic E-state index is 0.137. The Hall–Kier alpha value is -2.09. The van der Waals surface area contributed by atoms with E-state index in [1.807, 2.05) is 20.9 Å². The topological polar surface area (TPSA) is 90.0 Å². The molecule has 0 aliphatic rings. The van der Waals surface area contributed by atoms with E-state index in [-0.39, 0.29) is 11.3 Å². The lowest BCUT2D eigenvalue weighted by molar-refractivity contribution is -0.133. The first kappa shape index (κ1) is 15.3. The van der Waals surface area contributed by atoms with Gasteiger partial charge in [-0.2, -0.15) is 10.1 Å². The molecule has 0 fully saturated rings. The first-order valence-electron chi connectivity index (χ1n) is 6.29. The Labute approximate surface area is 125 Å². The van der Waals surface area contributed by atoms with Gasteiger partial charge in [0.05, 0.1) is 18.0 Å². The van der Waals surface area contributed by atoms with Gasteiger partial charge in [-0.3, -0.25) is 14.3 Å². The molecule has 1 N–H and O–H groups in total. The molecule has 2 aromatic rings. The molecule has 2 rings (SSSR count). The SMILES string of the molecule is Cc1nn(C)c(C)c1Cn1ccc(=O)nc1SCC(=O)O. The Morgan fingerprint density at radius 3 is 2.71 bits per heavy atom. The van der Waals surface area contributed by atoms with E-state index in [0.717, 1.165) is 28.7 Å². The number of carboxylic acid groups (broad SMARTS) is 1. The van der Waals surface area contributed by atoms with Gasteiger partial charge < -0.3 is 9.67 Å². The van der Waals surface area contributed by atoms with Gasteiger partial charge in [-0.1, -0.05) is 11.8 Å². The Morgan fingerprint density at radius 1 is 1.43 bits per heavy atom. The summed E-state index contributed by atoms with van der Waals surface area (Å²) in [5, 5.41) is 13.5. The number of aliphatic carboxylic acids is 1. The number of nitrogens with zero attached hydrogens (tertiary/aromatic N) is 4. The minimum atomic E-state index is -0.946. The highest BCUT2D eigenvalue weighted by atomic mass is 32.2. The second kappa shape index (κ2) is 6.13. The molecular weight excluding hydrogens is 292 g/mol. The van der Waals surface area contributed by atoms with Crippen molar-refractivity contribution in [3.8, 4) is 0 Å². The number of aryl methyl sites for hydroxylation is 2. The summed E-state index contributed by atoms with van der Waals surface area (Å²) in [5.74, 6) is -1.08. The normalized spacial score (nSPS) is 10.8. The van der Waals surface area contributed by atoms with E-state index >= 15 is 0 Å². The van der Waals surface area contributed by atoms with E-state index in [2.05, 4.69) is 10.1 Å². The summed E-state index contributed by atoms with van der Waals surface area (Å²) < 4.78 is 3.57. The number of carboxylic acids is 1. The van der Waals surface area contributed by atoms with Gasteiger partial charge in [0.15, 0.2) is 5.16 Å². The molecule has 0 aliphatic heterocycles. The van der Waals surface area contributed by atoms with Crippen LogP contribution in [0.4, 0.5) is 0 Å². The molecule has 8 heteroatoms. The lowest BCUT2D eigenvalue weighted by Gasteiger charge is -2.11. The van der Waals surface area contributed by atoms with E-state index in [9.17, 15) is 9.59 Å². The van der Waals surface area contributed by atoms with Crippen LogP contribution in [0, 0.1) is 13.8 Å². The number of rotatable bonds is 5. The third-order valence-corrected chi connectivity index (χ3v) is 4.14. The van der Waals surface area contributed by atoms with Crippen molar-refractivity contribution in [2.75, 3.05) is 5.75 Å². The summed E-state index contributed by atoms with van der Waals surface area (Å²) in [7, 11) is 1.87. The van der Waals surface area contributed by atoms with Crippen molar-refractivity contribution in [1.82, 2.24) is 19.3 Å². The maximum absolute atomic E-state index is 11.4. The zero-order chi connectivity index (χ0) is 15.6. The average Bonchev–Trinajstić information content (AvgIpc) is 2.65. The third kappa shape index (κ3) is 3.52. The second-order valence-electron chi connectivity index (χ2n) is 4.63. The minimum Gasteiger partial charge on any atom is -0.481 e. The predicted octanol–water partition coefficient (Wildman–Crippen LogP) is 0.819. The van der Waals surface area contributed by atoms with Gasteiger partial charge in [0.2, 0.25) is 0 Å². The van der Waals surface area contributed by atoms with Crippen LogP contribution < -0.4 is 5.56 Å². The van der Waals surface area contributed by atoms with Crippen LogP contribution in [0.5, 0.6) is 0 Å². The predicted molar refractivity (Wildman–Crippen MR) is 78.6 cm³/mol. The lowest BCUT2D eigenvalue weighted by Crippen LogP contribution is -2.15. The van der Waals surface area contributed by atoms with E-state index in [4.69, 9.17) is 5.11 Å². The Bertz CT molecular complexity index is 736. The van der Waals surface area contributed by atoms with Crippen LogP contribution in [0.25, 0.3) is 0 Å². The molecule has 2 heterocycles. The van der Waals surface area contributed by atoms with Crippen molar-refractivity contribution in [3.05, 3.63) is 39.6 Å². The van der Waals surface area contributed by atoms with Gasteiger partial charge in [-0.15, -0.1) is 0 Å². The number of hydrogen-bond acceptors (Lipinski definition) is 5. The highest BCUT2D eigenvalue weighted by Gasteiger charge is 2.13. The highest BCUT2D eigenvalue weighted by molar-refractivity contribution is 7.99. The summed E-state index contributed by atoms with van der Waals surface area (Å²) in [5.41, 5.74) is 2.60. The molecule has 0 saturated carbocycles. The molecule has 0 aliphatic carbocycles. The number of carbonyl (C=O) groups is 1. The Balaban J connectivity index is 2.35. The van der Waals surface area contributed by atoms with Gasteiger partial charge >= 0.3 is 5.97 Å². The third-order valence-electron chi connectivity index (χ3n) is 3.16. The maximum atomic E-state index is 11.4. The highest BCUT2D eigenvalue weighted by Crippen LogP contribution is 2.18. The molecule has 0 amide bonds. The molecular formula is C13H16N4O3S. The first-order chi connectivity index (χ1) is 9.88. The number of hydrogen-bond donors (Lipinski definition) is 1. The lowest BCUT2D eigenvalue weighted by atomic mass is 10.2. The van der Waals surface area contributed by atoms with Gasteiger partial charge in [0.1, 0.15) is 0 Å². The zero-order valence-electron chi connectivity index (χ0n) is 12.0. The van der Waals surface area contributed by atoms with Crippen molar-refractivity contribution in [2.24, 2.45) is 7.05 Å². The maximum Gasteiger partial charge on any atom is 0.313 e. The fourth-order valence-corrected chi connectivity index (χ4v) is 2.69. The number of thioether (sulfide) groups is 1. The fraction of sp³-hybridized carbons (Fsp3) is 0.385. The van der Waals surface area contributed by atoms with Gasteiger partial charge in [-0.25, -0.2) is 0 Å². The quantitative estimate of drug-likeness (QED) is 0.649. The standard InChI is InChI=1S/C13H16N4O3S/c1-8-10(9(2)16(3)15-8)6-17-5-4-11(18)14-13(17)21-7-12(19)20/h4-5H,6-7H2,1-3H3,(H,19,20). The Morgan fingerprint density at radius 2 is 2.14 bits per heavy atom. The molecule has 0 spiro atoms. The molecule has 112 valence electrons. The van der Waals surface area contributed by atoms with Crippen molar-refractivity contribution in [1.29, 1.82) is 0 Å². The molecule has 0 saturated heterocycles.